The third-order valence-electron chi connectivity index (χ3n) is 5.85. The molecule has 2 nitrogen and oxygen atoms in total. The van der Waals surface area contributed by atoms with Crippen LogP contribution in [-0.4, -0.2) is 4.57 Å². The first-order valence-corrected chi connectivity index (χ1v) is 12.4. The smallest absolute Gasteiger partial charge is 0.234 e. The lowest BCUT2D eigenvalue weighted by Crippen LogP contribution is -2.37. The molecular formula is C25H49N2+. The van der Waals surface area contributed by atoms with Crippen molar-refractivity contribution in [3.8, 4) is 0 Å². The molecule has 0 N–H and O–H groups in total. The van der Waals surface area contributed by atoms with Crippen LogP contribution in [0.4, 0.5) is 0 Å². The summed E-state index contributed by atoms with van der Waals surface area (Å²) in [6.07, 6.45) is 28.2. The standard InChI is InChI=1S/C25H49N2/c1-4-7-10-11-12-13-14-15-16-17-20-25-26(21-18-8-5-2)23-24-27(25)22-19-9-6-3/h23-24H,4-22H2,1-3H3/q+1. The fraction of sp³-hybridized carbons (Fsp3) is 0.880. The Bertz CT molecular complexity index is 408. The second kappa shape index (κ2) is 17.3. The van der Waals surface area contributed by atoms with E-state index in [0.29, 0.717) is 0 Å². The maximum absolute atomic E-state index is 2.55. The van der Waals surface area contributed by atoms with Gasteiger partial charge in [0.2, 0.25) is 0 Å². The summed E-state index contributed by atoms with van der Waals surface area (Å²) in [5.74, 6) is 1.58. The highest BCUT2D eigenvalue weighted by Crippen LogP contribution is 2.12. The maximum atomic E-state index is 2.55. The molecule has 2 heteroatoms. The van der Waals surface area contributed by atoms with Crippen molar-refractivity contribution in [3.05, 3.63) is 18.2 Å². The first kappa shape index (κ1) is 24.2. The van der Waals surface area contributed by atoms with Crippen molar-refractivity contribution in [2.75, 3.05) is 0 Å². The highest BCUT2D eigenvalue weighted by molar-refractivity contribution is 4.84. The highest BCUT2D eigenvalue weighted by Gasteiger charge is 2.16. The molecule has 0 spiro atoms. The maximum Gasteiger partial charge on any atom is 0.256 e. The van der Waals surface area contributed by atoms with Gasteiger partial charge >= 0.3 is 0 Å². The number of aryl methyl sites for hydroxylation is 2. The van der Waals surface area contributed by atoms with Gasteiger partial charge in [0.05, 0.1) is 13.1 Å². The molecule has 0 radical (unpaired) electrons. The molecule has 0 saturated carbocycles. The Hall–Kier alpha value is -0.790. The third kappa shape index (κ3) is 11.6. The van der Waals surface area contributed by atoms with Crippen molar-refractivity contribution in [2.24, 2.45) is 0 Å². The van der Waals surface area contributed by atoms with E-state index in [1.165, 1.54) is 122 Å². The molecule has 0 saturated heterocycles. The molecule has 0 amide bonds. The van der Waals surface area contributed by atoms with Gasteiger partial charge in [-0.2, -0.15) is 0 Å². The van der Waals surface area contributed by atoms with Crippen LogP contribution in [0.1, 0.15) is 129 Å². The van der Waals surface area contributed by atoms with Crippen molar-refractivity contribution in [1.29, 1.82) is 0 Å². The van der Waals surface area contributed by atoms with Gasteiger partial charge in [0.25, 0.3) is 5.82 Å². The van der Waals surface area contributed by atoms with Gasteiger partial charge in [-0.15, -0.1) is 0 Å². The number of hydrogen-bond acceptors (Lipinski definition) is 0. The van der Waals surface area contributed by atoms with Gasteiger partial charge in [-0.3, -0.25) is 0 Å². The van der Waals surface area contributed by atoms with E-state index in [2.05, 4.69) is 42.3 Å². The Labute approximate surface area is 170 Å². The molecule has 158 valence electrons. The van der Waals surface area contributed by atoms with E-state index in [1.54, 1.807) is 5.82 Å². The first-order chi connectivity index (χ1) is 13.3. The van der Waals surface area contributed by atoms with Crippen LogP contribution in [0.2, 0.25) is 0 Å². The lowest BCUT2D eigenvalue weighted by molar-refractivity contribution is -0.704. The number of unbranched alkanes of at least 4 members (excludes halogenated alkanes) is 13. The van der Waals surface area contributed by atoms with E-state index >= 15 is 0 Å². The van der Waals surface area contributed by atoms with Crippen LogP contribution in [0.25, 0.3) is 0 Å². The molecule has 0 atom stereocenters. The Morgan fingerprint density at radius 2 is 1.15 bits per heavy atom. The molecule has 0 unspecified atom stereocenters. The fourth-order valence-corrected chi connectivity index (χ4v) is 4.03. The Balaban J connectivity index is 2.29. The van der Waals surface area contributed by atoms with Gasteiger partial charge in [0.1, 0.15) is 12.4 Å². The van der Waals surface area contributed by atoms with Crippen LogP contribution in [0.3, 0.4) is 0 Å². The minimum atomic E-state index is 1.21. The monoisotopic (exact) mass is 377 g/mol. The van der Waals surface area contributed by atoms with Crippen molar-refractivity contribution < 1.29 is 4.57 Å². The van der Waals surface area contributed by atoms with Crippen LogP contribution < -0.4 is 4.57 Å². The van der Waals surface area contributed by atoms with Crippen molar-refractivity contribution in [1.82, 2.24) is 4.57 Å². The van der Waals surface area contributed by atoms with Crippen LogP contribution in [0, 0.1) is 0 Å². The second-order valence-corrected chi connectivity index (χ2v) is 8.45. The summed E-state index contributed by atoms with van der Waals surface area (Å²) in [6, 6.07) is 0. The van der Waals surface area contributed by atoms with Gasteiger partial charge in [-0.05, 0) is 32.1 Å². The van der Waals surface area contributed by atoms with Crippen LogP contribution in [0.5, 0.6) is 0 Å². The van der Waals surface area contributed by atoms with Crippen LogP contribution in [0.15, 0.2) is 12.4 Å². The molecule has 1 aromatic heterocycles. The summed E-state index contributed by atoms with van der Waals surface area (Å²) >= 11 is 0. The average Bonchev–Trinajstić information content (AvgIpc) is 3.05. The summed E-state index contributed by atoms with van der Waals surface area (Å²) in [7, 11) is 0. The molecule has 1 aromatic rings. The zero-order valence-electron chi connectivity index (χ0n) is 19.0. The van der Waals surface area contributed by atoms with Gasteiger partial charge in [-0.25, -0.2) is 9.13 Å². The van der Waals surface area contributed by atoms with E-state index in [0.717, 1.165) is 0 Å². The van der Waals surface area contributed by atoms with E-state index in [-0.39, 0.29) is 0 Å². The molecule has 0 aliphatic rings. The number of aromatic nitrogens is 2. The van der Waals surface area contributed by atoms with Gasteiger partial charge in [0, 0.05) is 6.42 Å². The van der Waals surface area contributed by atoms with E-state index in [1.807, 2.05) is 0 Å². The zero-order chi connectivity index (χ0) is 19.6. The molecule has 0 bridgehead atoms. The summed E-state index contributed by atoms with van der Waals surface area (Å²) in [5, 5.41) is 0. The SMILES string of the molecule is CCCCCCCCCCCCc1n(CCCCC)cc[n+]1CCCCC. The minimum absolute atomic E-state index is 1.21. The quantitative estimate of drug-likeness (QED) is 0.173. The van der Waals surface area contributed by atoms with Gasteiger partial charge in [0.15, 0.2) is 0 Å². The normalized spacial score (nSPS) is 11.4. The van der Waals surface area contributed by atoms with Gasteiger partial charge < -0.3 is 0 Å². The first-order valence-electron chi connectivity index (χ1n) is 12.4. The highest BCUT2D eigenvalue weighted by atomic mass is 15.1. The van der Waals surface area contributed by atoms with Gasteiger partial charge in [-0.1, -0.05) is 91.4 Å². The number of imidazole rings is 1. The van der Waals surface area contributed by atoms with Crippen molar-refractivity contribution in [2.45, 2.75) is 143 Å². The average molecular weight is 378 g/mol. The fourth-order valence-electron chi connectivity index (χ4n) is 4.03. The molecule has 0 aliphatic carbocycles. The molecular weight excluding hydrogens is 328 g/mol. The van der Waals surface area contributed by atoms with E-state index in [4.69, 9.17) is 0 Å². The van der Waals surface area contributed by atoms with Crippen LogP contribution in [-0.2, 0) is 19.5 Å². The number of rotatable bonds is 19. The van der Waals surface area contributed by atoms with E-state index < -0.39 is 0 Å². The lowest BCUT2D eigenvalue weighted by Gasteiger charge is -2.06. The van der Waals surface area contributed by atoms with Crippen molar-refractivity contribution >= 4 is 0 Å². The lowest BCUT2D eigenvalue weighted by atomic mass is 10.1. The molecule has 1 rings (SSSR count). The third-order valence-corrected chi connectivity index (χ3v) is 5.85. The minimum Gasteiger partial charge on any atom is -0.234 e. The second-order valence-electron chi connectivity index (χ2n) is 8.45. The topological polar surface area (TPSA) is 8.81 Å². The largest absolute Gasteiger partial charge is 0.256 e. The summed E-state index contributed by atoms with van der Waals surface area (Å²) in [6.45, 7) is 9.31. The summed E-state index contributed by atoms with van der Waals surface area (Å²) in [4.78, 5) is 0. The summed E-state index contributed by atoms with van der Waals surface area (Å²) in [5.41, 5.74) is 0. The molecule has 0 aromatic carbocycles. The van der Waals surface area contributed by atoms with E-state index in [9.17, 15) is 0 Å². The summed E-state index contributed by atoms with van der Waals surface area (Å²) < 4.78 is 5.10. The predicted octanol–water partition coefficient (Wildman–Crippen LogP) is 7.62. The Morgan fingerprint density at radius 1 is 0.630 bits per heavy atom. The zero-order valence-corrected chi connectivity index (χ0v) is 19.0. The molecule has 1 heterocycles. The molecule has 27 heavy (non-hydrogen) atoms. The molecule has 0 aliphatic heterocycles. The Morgan fingerprint density at radius 3 is 1.78 bits per heavy atom. The predicted molar refractivity (Wildman–Crippen MR) is 119 cm³/mol. The number of hydrogen-bond donors (Lipinski definition) is 0. The Kier molecular flexibility index (Phi) is 15.6. The van der Waals surface area contributed by atoms with Crippen molar-refractivity contribution in [3.63, 3.8) is 0 Å². The van der Waals surface area contributed by atoms with Crippen LogP contribution >= 0.6 is 0 Å². The number of nitrogens with zero attached hydrogens (tertiary/aromatic N) is 2. The molecule has 0 fully saturated rings.